The highest BCUT2D eigenvalue weighted by molar-refractivity contribution is 8.01. The Morgan fingerprint density at radius 3 is 0.562 bits per heavy atom. The largest absolute Gasteiger partial charge is 0.530 e. The van der Waals surface area contributed by atoms with E-state index in [4.69, 9.17) is 54.3 Å². The molecule has 0 atom stereocenters. The van der Waals surface area contributed by atoms with E-state index < -0.39 is 31.3 Å². The van der Waals surface area contributed by atoms with Crippen molar-refractivity contribution in [3.63, 3.8) is 0 Å². The fourth-order valence-corrected chi connectivity index (χ4v) is 15.3. The predicted octanol–water partition coefficient (Wildman–Crippen LogP) is 14.8. The van der Waals surface area contributed by atoms with Crippen LogP contribution in [0.2, 0.25) is 0 Å². The zero-order valence-electron chi connectivity index (χ0n) is 36.5. The van der Waals surface area contributed by atoms with Gasteiger partial charge in [-0.15, -0.1) is 0 Å². The van der Waals surface area contributed by atoms with Gasteiger partial charge >= 0.3 is 31.3 Å². The van der Waals surface area contributed by atoms with Crippen molar-refractivity contribution < 1.29 is 72.5 Å². The summed E-state index contributed by atoms with van der Waals surface area (Å²) in [7, 11) is -17.0. The van der Waals surface area contributed by atoms with E-state index in [1.165, 1.54) is 0 Å². The van der Waals surface area contributed by atoms with Crippen molar-refractivity contribution in [2.75, 3.05) is 52.9 Å². The highest BCUT2D eigenvalue weighted by Crippen LogP contribution is 2.62. The molecule has 1 heterocycles. The molecular formula is C40H52O16P4S4. The first-order chi connectivity index (χ1) is 30.7. The second kappa shape index (κ2) is 24.9. The highest BCUT2D eigenvalue weighted by atomic mass is 32.2. The van der Waals surface area contributed by atoms with E-state index in [1.807, 2.05) is 0 Å². The molecule has 64 heavy (non-hydrogen) atoms. The Morgan fingerprint density at radius 1 is 0.297 bits per heavy atom. The van der Waals surface area contributed by atoms with Crippen molar-refractivity contribution in [2.24, 2.45) is 0 Å². The van der Waals surface area contributed by atoms with E-state index in [0.717, 1.165) is 47.0 Å². The first-order valence-corrected chi connectivity index (χ1v) is 29.4. The van der Waals surface area contributed by atoms with E-state index in [-0.39, 0.29) is 75.9 Å². The van der Waals surface area contributed by atoms with Gasteiger partial charge in [0.15, 0.2) is 23.0 Å². The number of para-hydroxylation sites is 4. The molecule has 0 N–H and O–H groups in total. The van der Waals surface area contributed by atoms with Crippen LogP contribution in [0, 0.1) is 0 Å². The van der Waals surface area contributed by atoms with Crippen molar-refractivity contribution in [2.45, 2.75) is 94.6 Å². The Balaban J connectivity index is 1.88. The molecule has 1 aliphatic heterocycles. The van der Waals surface area contributed by atoms with E-state index in [0.29, 0.717) is 39.2 Å². The summed E-state index contributed by atoms with van der Waals surface area (Å²) in [5, 5.41) is 0. The molecule has 4 aromatic rings. The molecule has 0 spiro atoms. The van der Waals surface area contributed by atoms with Crippen LogP contribution in [0.15, 0.2) is 112 Å². The molecule has 5 rings (SSSR count). The third-order valence-corrected chi connectivity index (χ3v) is 18.3. The number of phosphoric acid groups is 4. The molecular weight excluding hydrogens is 989 g/mol. The Kier molecular flexibility index (Phi) is 20.6. The summed E-state index contributed by atoms with van der Waals surface area (Å²) in [4.78, 5) is 3.29. The molecule has 4 aromatic carbocycles. The molecule has 1 aliphatic rings. The van der Waals surface area contributed by atoms with Crippen LogP contribution < -0.4 is 18.1 Å². The first kappa shape index (κ1) is 53.0. The fraction of sp³-hybridized carbons (Fsp3) is 0.400. The van der Waals surface area contributed by atoms with Gasteiger partial charge in [0.25, 0.3) is 0 Å². The quantitative estimate of drug-likeness (QED) is 0.0532. The second-order valence-corrected chi connectivity index (χ2v) is 22.9. The highest BCUT2D eigenvalue weighted by Gasteiger charge is 2.36. The molecule has 0 radical (unpaired) electrons. The van der Waals surface area contributed by atoms with Gasteiger partial charge in [0.05, 0.1) is 92.0 Å². The van der Waals surface area contributed by atoms with Gasteiger partial charge in [0.2, 0.25) is 0 Å². The van der Waals surface area contributed by atoms with Crippen molar-refractivity contribution in [1.82, 2.24) is 0 Å². The Morgan fingerprint density at radius 2 is 0.438 bits per heavy atom. The van der Waals surface area contributed by atoms with Gasteiger partial charge in [-0.05, 0) is 104 Å². The van der Waals surface area contributed by atoms with Gasteiger partial charge in [-0.25, -0.2) is 18.3 Å². The van der Waals surface area contributed by atoms with Crippen LogP contribution in [0.3, 0.4) is 0 Å². The summed E-state index contributed by atoms with van der Waals surface area (Å²) in [6.45, 7) is 13.4. The van der Waals surface area contributed by atoms with Gasteiger partial charge < -0.3 is 18.1 Å². The molecule has 0 saturated carbocycles. The van der Waals surface area contributed by atoms with Crippen molar-refractivity contribution in [3.05, 3.63) is 72.8 Å². The number of fused-ring (bicyclic) bond motifs is 8. The summed E-state index contributed by atoms with van der Waals surface area (Å²) in [6.07, 6.45) is 0. The molecule has 0 aromatic heterocycles. The van der Waals surface area contributed by atoms with Gasteiger partial charge in [-0.2, -0.15) is 0 Å². The standard InChI is InChI=1S/C40H52O16P4S4/c1-9-45-57(41,46-10-2)53-37-29-21-17-22-30(37)62-32-24-19-26-34(39(32)55-59(43,49-13-5)50-14-6)64-36-28-20-27-35(40(36)56-60(44,51-15-7)52-16-8)63-33-25-18-23-31(61-29)38(33)54-58(42,47-11-3)48-12-4/h17-28H,9-16H2,1-8H3. The topological polar surface area (TPSA) is 179 Å². The normalized spacial score (nSPS) is 13.4. The molecule has 24 heteroatoms. The smallest absolute Gasteiger partial charge is 0.402 e. The maximum Gasteiger partial charge on any atom is 0.530 e. The van der Waals surface area contributed by atoms with Crippen LogP contribution in [-0.4, -0.2) is 52.9 Å². The first-order valence-electron chi connectivity index (χ1n) is 20.3. The lowest BCUT2D eigenvalue weighted by Gasteiger charge is -2.25. The number of hydrogen-bond acceptors (Lipinski definition) is 20. The fourth-order valence-electron chi connectivity index (χ4n) is 5.53. The van der Waals surface area contributed by atoms with Crippen LogP contribution in [0.4, 0.5) is 0 Å². The van der Waals surface area contributed by atoms with Crippen molar-refractivity contribution >= 4 is 78.3 Å². The summed E-state index contributed by atoms with van der Waals surface area (Å²) in [5.74, 6) is 0.396. The van der Waals surface area contributed by atoms with Gasteiger partial charge in [-0.3, -0.25) is 36.2 Å². The van der Waals surface area contributed by atoms with E-state index >= 15 is 0 Å². The summed E-state index contributed by atoms with van der Waals surface area (Å²) in [6, 6.07) is 21.0. The lowest BCUT2D eigenvalue weighted by atomic mass is 10.3. The van der Waals surface area contributed by atoms with Crippen LogP contribution in [0.1, 0.15) is 55.4 Å². The molecule has 0 unspecified atom stereocenters. The number of benzene rings is 4. The van der Waals surface area contributed by atoms with Gasteiger partial charge in [0.1, 0.15) is 0 Å². The lowest BCUT2D eigenvalue weighted by molar-refractivity contribution is 0.164. The summed E-state index contributed by atoms with van der Waals surface area (Å²) >= 11 is 4.55. The Labute approximate surface area is 391 Å². The monoisotopic (exact) mass is 1040 g/mol. The average Bonchev–Trinajstić information content (AvgIpc) is 3.23. The van der Waals surface area contributed by atoms with E-state index in [9.17, 15) is 18.3 Å². The van der Waals surface area contributed by atoms with E-state index in [2.05, 4.69) is 0 Å². The molecule has 352 valence electrons. The molecule has 0 saturated heterocycles. The third kappa shape index (κ3) is 14.1. The molecule has 0 aliphatic carbocycles. The predicted molar refractivity (Wildman–Crippen MR) is 248 cm³/mol. The minimum atomic E-state index is -4.25. The lowest BCUT2D eigenvalue weighted by Crippen LogP contribution is -2.06. The molecule has 0 amide bonds. The zero-order chi connectivity index (χ0) is 46.4. The zero-order valence-corrected chi connectivity index (χ0v) is 43.4. The molecule has 16 nitrogen and oxygen atoms in total. The molecule has 8 bridgehead atoms. The number of hydrogen-bond donors (Lipinski definition) is 0. The average molecular weight is 1040 g/mol. The van der Waals surface area contributed by atoms with Crippen LogP contribution >= 0.6 is 78.3 Å². The Hall–Kier alpha value is -1.92. The maximum absolute atomic E-state index is 14.2. The van der Waals surface area contributed by atoms with Crippen molar-refractivity contribution in [3.8, 4) is 23.0 Å². The van der Waals surface area contributed by atoms with Crippen LogP contribution in [0.25, 0.3) is 0 Å². The second-order valence-electron chi connectivity index (χ2n) is 12.2. The minimum Gasteiger partial charge on any atom is -0.402 e. The van der Waals surface area contributed by atoms with Crippen LogP contribution in [-0.2, 0) is 54.5 Å². The van der Waals surface area contributed by atoms with Gasteiger partial charge in [0, 0.05) is 0 Å². The number of phosphoric ester groups is 4. The minimum absolute atomic E-state index is 0.00824. The van der Waals surface area contributed by atoms with Gasteiger partial charge in [-0.1, -0.05) is 71.3 Å². The SMILES string of the molecule is CCOP(=O)(OCC)Oc1c2cccc1Sc1cccc(c1OP(=O)(OCC)OCC)Sc1cccc(c1OP(=O)(OCC)OCC)Sc1cccc(c1OP(=O)(OCC)OCC)S2. The van der Waals surface area contributed by atoms with Crippen molar-refractivity contribution in [1.29, 1.82) is 0 Å². The van der Waals surface area contributed by atoms with Crippen LogP contribution in [0.5, 0.6) is 23.0 Å². The maximum atomic E-state index is 14.2. The third-order valence-electron chi connectivity index (χ3n) is 7.76. The molecule has 0 fully saturated rings. The number of rotatable bonds is 24. The summed E-state index contributed by atoms with van der Waals surface area (Å²) in [5.41, 5.74) is 0. The van der Waals surface area contributed by atoms with E-state index in [1.54, 1.807) is 128 Å². The summed E-state index contributed by atoms with van der Waals surface area (Å²) < 4.78 is 127. The Bertz CT molecular complexity index is 1940.